The van der Waals surface area contributed by atoms with Crippen molar-refractivity contribution in [2.75, 3.05) is 12.0 Å². The van der Waals surface area contributed by atoms with Crippen molar-refractivity contribution in [3.05, 3.63) is 86.2 Å². The molecule has 0 spiro atoms. The summed E-state index contributed by atoms with van der Waals surface area (Å²) in [6.45, 7) is 3.64. The van der Waals surface area contributed by atoms with E-state index in [2.05, 4.69) is 5.32 Å². The summed E-state index contributed by atoms with van der Waals surface area (Å²) in [6.07, 6.45) is 1.49. The number of nitro groups is 1. The fraction of sp³-hybridized carbons (Fsp3) is 0.125. The molecule has 0 atom stereocenters. The van der Waals surface area contributed by atoms with Gasteiger partial charge in [0.25, 0.3) is 17.5 Å². The van der Waals surface area contributed by atoms with Crippen LogP contribution in [0.2, 0.25) is 5.02 Å². The second kappa shape index (κ2) is 9.32. The van der Waals surface area contributed by atoms with Gasteiger partial charge in [0.1, 0.15) is 11.3 Å². The van der Waals surface area contributed by atoms with E-state index in [-0.39, 0.29) is 16.4 Å². The molecule has 1 aliphatic rings. The quantitative estimate of drug-likeness (QED) is 0.178. The fourth-order valence-corrected chi connectivity index (χ4v) is 4.43. The van der Waals surface area contributed by atoms with E-state index in [1.165, 1.54) is 30.2 Å². The first-order valence-electron chi connectivity index (χ1n) is 10.3. The molecule has 1 N–H and O–H groups in total. The number of methoxy groups -OCH3 is 1. The van der Waals surface area contributed by atoms with E-state index >= 15 is 0 Å². The zero-order chi connectivity index (χ0) is 25.4. The number of ether oxygens (including phenoxy) is 1. The van der Waals surface area contributed by atoms with Crippen LogP contribution in [0.5, 0.6) is 5.75 Å². The van der Waals surface area contributed by atoms with Crippen molar-refractivity contribution < 1.29 is 19.2 Å². The molecule has 9 nitrogen and oxygen atoms in total. The van der Waals surface area contributed by atoms with Crippen LogP contribution >= 0.6 is 23.8 Å². The minimum absolute atomic E-state index is 0.0636. The summed E-state index contributed by atoms with van der Waals surface area (Å²) in [4.78, 5) is 37.9. The standard InChI is InChI=1S/C24H19ClN4O5S/c1-13-10-15(14(2)27(13)20-9-8-16(29(32)33)12-21(20)34-3)11-17-22(30)26-24(35)28(23(17)31)19-7-5-4-6-18(19)25/h4-12H,1-3H3,(H,26,30,35)/b17-11+. The van der Waals surface area contributed by atoms with Crippen LogP contribution in [0.3, 0.4) is 0 Å². The lowest BCUT2D eigenvalue weighted by atomic mass is 10.1. The molecule has 178 valence electrons. The SMILES string of the molecule is COc1cc([N+](=O)[O-])ccc1-n1c(C)cc(/C=C2\C(=O)NC(=S)N(c3ccccc3Cl)C2=O)c1C. The van der Waals surface area contributed by atoms with Gasteiger partial charge in [0.2, 0.25) is 0 Å². The summed E-state index contributed by atoms with van der Waals surface area (Å²) in [7, 11) is 1.43. The molecular weight excluding hydrogens is 492 g/mol. The molecule has 1 aromatic heterocycles. The highest BCUT2D eigenvalue weighted by molar-refractivity contribution is 7.80. The monoisotopic (exact) mass is 510 g/mol. The number of carbonyl (C=O) groups excluding carboxylic acids is 2. The van der Waals surface area contributed by atoms with E-state index in [0.717, 1.165) is 5.69 Å². The van der Waals surface area contributed by atoms with E-state index < -0.39 is 16.7 Å². The molecular formula is C24H19ClN4O5S. The molecule has 1 fully saturated rings. The van der Waals surface area contributed by atoms with Crippen molar-refractivity contribution in [3.8, 4) is 11.4 Å². The van der Waals surface area contributed by atoms with Gasteiger partial charge in [-0.25, -0.2) is 0 Å². The van der Waals surface area contributed by atoms with E-state index in [4.69, 9.17) is 28.6 Å². The van der Waals surface area contributed by atoms with Gasteiger partial charge >= 0.3 is 0 Å². The minimum Gasteiger partial charge on any atom is -0.494 e. The van der Waals surface area contributed by atoms with Crippen LogP contribution < -0.4 is 15.0 Å². The molecule has 1 saturated heterocycles. The summed E-state index contributed by atoms with van der Waals surface area (Å²) in [5.74, 6) is -0.924. The highest BCUT2D eigenvalue weighted by atomic mass is 35.5. The number of hydrogen-bond donors (Lipinski definition) is 1. The first kappa shape index (κ1) is 24.1. The Balaban J connectivity index is 1.80. The highest BCUT2D eigenvalue weighted by Crippen LogP contribution is 2.33. The normalized spacial score (nSPS) is 14.9. The number of aromatic nitrogens is 1. The third-order valence-electron chi connectivity index (χ3n) is 5.58. The number of carbonyl (C=O) groups is 2. The van der Waals surface area contributed by atoms with Crippen molar-refractivity contribution in [2.24, 2.45) is 0 Å². The molecule has 1 aliphatic heterocycles. The maximum Gasteiger partial charge on any atom is 0.273 e. The number of nitrogens with zero attached hydrogens (tertiary/aromatic N) is 3. The minimum atomic E-state index is -0.624. The molecule has 3 aromatic rings. The fourth-order valence-electron chi connectivity index (χ4n) is 3.93. The average Bonchev–Trinajstić information content (AvgIpc) is 3.09. The van der Waals surface area contributed by atoms with Crippen LogP contribution in [0.25, 0.3) is 11.8 Å². The maximum atomic E-state index is 13.3. The zero-order valence-corrected chi connectivity index (χ0v) is 20.4. The molecule has 0 radical (unpaired) electrons. The third-order valence-corrected chi connectivity index (χ3v) is 6.18. The Hall–Kier alpha value is -4.02. The smallest absolute Gasteiger partial charge is 0.273 e. The molecule has 0 aliphatic carbocycles. The van der Waals surface area contributed by atoms with E-state index in [0.29, 0.717) is 33.4 Å². The van der Waals surface area contributed by atoms with Crippen molar-refractivity contribution >= 4 is 58.2 Å². The lowest BCUT2D eigenvalue weighted by Gasteiger charge is -2.29. The molecule has 0 bridgehead atoms. The Bertz CT molecular complexity index is 1450. The van der Waals surface area contributed by atoms with Crippen molar-refractivity contribution in [1.29, 1.82) is 0 Å². The number of rotatable bonds is 5. The molecule has 35 heavy (non-hydrogen) atoms. The van der Waals surface area contributed by atoms with Crippen LogP contribution in [-0.4, -0.2) is 33.5 Å². The molecule has 4 rings (SSSR count). The summed E-state index contributed by atoms with van der Waals surface area (Å²) >= 11 is 11.5. The highest BCUT2D eigenvalue weighted by Gasteiger charge is 2.35. The van der Waals surface area contributed by atoms with Gasteiger partial charge in [0.05, 0.1) is 34.5 Å². The Morgan fingerprint density at radius 1 is 1.11 bits per heavy atom. The molecule has 2 amide bonds. The van der Waals surface area contributed by atoms with Crippen LogP contribution in [0.15, 0.2) is 54.1 Å². The van der Waals surface area contributed by atoms with Gasteiger partial charge in [-0.2, -0.15) is 0 Å². The van der Waals surface area contributed by atoms with Gasteiger partial charge < -0.3 is 9.30 Å². The van der Waals surface area contributed by atoms with Crippen LogP contribution in [-0.2, 0) is 9.59 Å². The number of aryl methyl sites for hydroxylation is 1. The third kappa shape index (κ3) is 4.29. The van der Waals surface area contributed by atoms with E-state index in [1.807, 2.05) is 18.4 Å². The van der Waals surface area contributed by atoms with E-state index in [1.54, 1.807) is 36.4 Å². The Kier molecular flexibility index (Phi) is 6.42. The summed E-state index contributed by atoms with van der Waals surface area (Å²) in [5.41, 5.74) is 2.79. The van der Waals surface area contributed by atoms with Gasteiger partial charge in [0, 0.05) is 17.5 Å². The van der Waals surface area contributed by atoms with Gasteiger partial charge in [-0.1, -0.05) is 23.7 Å². The van der Waals surface area contributed by atoms with E-state index in [9.17, 15) is 19.7 Å². The Morgan fingerprint density at radius 3 is 2.49 bits per heavy atom. The number of anilines is 1. The van der Waals surface area contributed by atoms with Gasteiger partial charge in [-0.15, -0.1) is 0 Å². The second-order valence-corrected chi connectivity index (χ2v) is 8.48. The van der Waals surface area contributed by atoms with Crippen molar-refractivity contribution in [2.45, 2.75) is 13.8 Å². The predicted molar refractivity (Wildman–Crippen MR) is 136 cm³/mol. The predicted octanol–water partition coefficient (Wildman–Crippen LogP) is 4.50. The van der Waals surface area contributed by atoms with Crippen LogP contribution in [0.4, 0.5) is 11.4 Å². The number of halogens is 1. The Labute approximate surface area is 210 Å². The summed E-state index contributed by atoms with van der Waals surface area (Å²) in [5, 5.41) is 13.9. The number of hydrogen-bond acceptors (Lipinski definition) is 6. The molecule has 0 saturated carbocycles. The number of nitro benzene ring substituents is 1. The van der Waals surface area contributed by atoms with Gasteiger partial charge in [0.15, 0.2) is 5.11 Å². The van der Waals surface area contributed by atoms with Crippen LogP contribution in [0.1, 0.15) is 17.0 Å². The Morgan fingerprint density at radius 2 is 1.83 bits per heavy atom. The summed E-state index contributed by atoms with van der Waals surface area (Å²) in [6, 6.07) is 12.8. The molecule has 2 heterocycles. The van der Waals surface area contributed by atoms with Crippen molar-refractivity contribution in [3.63, 3.8) is 0 Å². The number of nitrogens with one attached hydrogen (secondary N) is 1. The topological polar surface area (TPSA) is 107 Å². The lowest BCUT2D eigenvalue weighted by molar-refractivity contribution is -0.384. The summed E-state index contributed by atoms with van der Waals surface area (Å²) < 4.78 is 7.22. The lowest BCUT2D eigenvalue weighted by Crippen LogP contribution is -2.54. The van der Waals surface area contributed by atoms with Gasteiger partial charge in [-0.3, -0.25) is 29.9 Å². The molecule has 2 aromatic carbocycles. The number of benzene rings is 2. The second-order valence-electron chi connectivity index (χ2n) is 7.68. The first-order chi connectivity index (χ1) is 16.6. The van der Waals surface area contributed by atoms with Gasteiger partial charge in [-0.05, 0) is 62.0 Å². The zero-order valence-electron chi connectivity index (χ0n) is 18.9. The number of para-hydroxylation sites is 1. The number of non-ortho nitro benzene ring substituents is 1. The van der Waals surface area contributed by atoms with Crippen molar-refractivity contribution in [1.82, 2.24) is 9.88 Å². The number of amides is 2. The maximum absolute atomic E-state index is 13.3. The largest absolute Gasteiger partial charge is 0.494 e. The molecule has 11 heteroatoms. The molecule has 0 unspecified atom stereocenters. The first-order valence-corrected chi connectivity index (χ1v) is 11.1. The average molecular weight is 511 g/mol. The van der Waals surface area contributed by atoms with Crippen LogP contribution in [0, 0.1) is 24.0 Å². The number of thiocarbonyl (C=S) groups is 1.